The van der Waals surface area contributed by atoms with Crippen molar-refractivity contribution in [3.8, 4) is 0 Å². The molecule has 0 bridgehead atoms. The highest BCUT2D eigenvalue weighted by Crippen LogP contribution is 2.07. The summed E-state index contributed by atoms with van der Waals surface area (Å²) in [6, 6.07) is 6.01. The minimum absolute atomic E-state index is 0.280. The van der Waals surface area contributed by atoms with E-state index in [1.54, 1.807) is 0 Å². The van der Waals surface area contributed by atoms with E-state index in [-0.39, 0.29) is 6.10 Å². The first-order valence-electron chi connectivity index (χ1n) is 7.31. The molecule has 0 radical (unpaired) electrons. The Kier molecular flexibility index (Phi) is 7.68. The molecular weight excluding hydrogens is 236 g/mol. The molecule has 1 N–H and O–H groups in total. The van der Waals surface area contributed by atoms with E-state index < -0.39 is 0 Å². The summed E-state index contributed by atoms with van der Waals surface area (Å²) in [6.07, 6.45) is 3.00. The Morgan fingerprint density at radius 1 is 1.16 bits per heavy atom. The summed E-state index contributed by atoms with van der Waals surface area (Å²) in [4.78, 5) is 4.31. The molecule has 19 heavy (non-hydrogen) atoms. The van der Waals surface area contributed by atoms with Gasteiger partial charge in [-0.25, -0.2) is 0 Å². The van der Waals surface area contributed by atoms with Crippen molar-refractivity contribution in [3.63, 3.8) is 0 Å². The quantitative estimate of drug-likeness (QED) is 0.744. The van der Waals surface area contributed by atoms with Gasteiger partial charge in [0.1, 0.15) is 0 Å². The van der Waals surface area contributed by atoms with Gasteiger partial charge in [0.05, 0.1) is 12.7 Å². The summed E-state index contributed by atoms with van der Waals surface area (Å²) < 4.78 is 5.99. The van der Waals surface area contributed by atoms with Crippen LogP contribution in [0.5, 0.6) is 0 Å². The minimum atomic E-state index is 0.280. The number of nitrogens with one attached hydrogen (secondary N) is 1. The molecule has 1 unspecified atom stereocenters. The molecule has 0 spiro atoms. The molecule has 0 saturated carbocycles. The molecule has 3 nitrogen and oxygen atoms in total. The van der Waals surface area contributed by atoms with E-state index in [1.807, 2.05) is 24.4 Å². The van der Waals surface area contributed by atoms with E-state index >= 15 is 0 Å². The van der Waals surface area contributed by atoms with Crippen LogP contribution >= 0.6 is 0 Å². The van der Waals surface area contributed by atoms with Gasteiger partial charge in [-0.15, -0.1) is 0 Å². The highest BCUT2D eigenvalue weighted by molar-refractivity contribution is 5.03. The SMILES string of the molecule is CC(C)CNCC(OCCc1ccccn1)C(C)C. The molecule has 0 aliphatic rings. The fraction of sp³-hybridized carbons (Fsp3) is 0.688. The van der Waals surface area contributed by atoms with E-state index in [9.17, 15) is 0 Å². The Bertz CT molecular complexity index is 325. The van der Waals surface area contributed by atoms with Gasteiger partial charge in [-0.05, 0) is 30.5 Å². The van der Waals surface area contributed by atoms with E-state index in [2.05, 4.69) is 38.0 Å². The van der Waals surface area contributed by atoms with Crippen molar-refractivity contribution in [1.82, 2.24) is 10.3 Å². The second-order valence-corrected chi connectivity index (χ2v) is 5.78. The lowest BCUT2D eigenvalue weighted by Gasteiger charge is -2.22. The lowest BCUT2D eigenvalue weighted by molar-refractivity contribution is 0.0241. The van der Waals surface area contributed by atoms with Crippen molar-refractivity contribution in [2.24, 2.45) is 11.8 Å². The van der Waals surface area contributed by atoms with Crippen LogP contribution in [0.25, 0.3) is 0 Å². The molecule has 1 aromatic rings. The number of aromatic nitrogens is 1. The number of nitrogens with zero attached hydrogens (tertiary/aromatic N) is 1. The van der Waals surface area contributed by atoms with Crippen LogP contribution in [0.4, 0.5) is 0 Å². The predicted molar refractivity (Wildman–Crippen MR) is 80.2 cm³/mol. The lowest BCUT2D eigenvalue weighted by Crippen LogP contribution is -2.35. The van der Waals surface area contributed by atoms with E-state index in [1.165, 1.54) is 0 Å². The van der Waals surface area contributed by atoms with E-state index in [0.29, 0.717) is 11.8 Å². The van der Waals surface area contributed by atoms with Gasteiger partial charge >= 0.3 is 0 Å². The summed E-state index contributed by atoms with van der Waals surface area (Å²) in [7, 11) is 0. The van der Waals surface area contributed by atoms with Crippen molar-refractivity contribution >= 4 is 0 Å². The summed E-state index contributed by atoms with van der Waals surface area (Å²) >= 11 is 0. The molecular formula is C16H28N2O. The first-order chi connectivity index (χ1) is 9.09. The number of ether oxygens (including phenoxy) is 1. The number of rotatable bonds is 9. The van der Waals surface area contributed by atoms with Gasteiger partial charge in [0, 0.05) is 24.9 Å². The molecule has 0 fully saturated rings. The molecule has 0 aromatic carbocycles. The highest BCUT2D eigenvalue weighted by Gasteiger charge is 2.13. The largest absolute Gasteiger partial charge is 0.376 e. The zero-order chi connectivity index (χ0) is 14.1. The first kappa shape index (κ1) is 16.1. The second kappa shape index (κ2) is 9.05. The fourth-order valence-electron chi connectivity index (χ4n) is 1.86. The number of hydrogen-bond donors (Lipinski definition) is 1. The molecule has 108 valence electrons. The van der Waals surface area contributed by atoms with Gasteiger partial charge in [-0.2, -0.15) is 0 Å². The van der Waals surface area contributed by atoms with Crippen molar-refractivity contribution in [1.29, 1.82) is 0 Å². The normalized spacial score (nSPS) is 13.2. The van der Waals surface area contributed by atoms with Crippen LogP contribution in [-0.4, -0.2) is 30.8 Å². The molecule has 1 heterocycles. The summed E-state index contributed by atoms with van der Waals surface area (Å²) in [6.45, 7) is 11.6. The van der Waals surface area contributed by atoms with Gasteiger partial charge in [0.25, 0.3) is 0 Å². The van der Waals surface area contributed by atoms with Crippen molar-refractivity contribution < 1.29 is 4.74 Å². The van der Waals surface area contributed by atoms with Crippen LogP contribution in [0, 0.1) is 11.8 Å². The Balaban J connectivity index is 2.25. The molecule has 1 aromatic heterocycles. The number of hydrogen-bond acceptors (Lipinski definition) is 3. The lowest BCUT2D eigenvalue weighted by atomic mass is 10.1. The third kappa shape index (κ3) is 7.28. The monoisotopic (exact) mass is 264 g/mol. The fourth-order valence-corrected chi connectivity index (χ4v) is 1.86. The first-order valence-corrected chi connectivity index (χ1v) is 7.31. The van der Waals surface area contributed by atoms with Crippen LogP contribution in [0.1, 0.15) is 33.4 Å². The topological polar surface area (TPSA) is 34.1 Å². The average molecular weight is 264 g/mol. The molecule has 0 amide bonds. The zero-order valence-corrected chi connectivity index (χ0v) is 12.7. The number of pyridine rings is 1. The maximum atomic E-state index is 5.99. The molecule has 3 heteroatoms. The van der Waals surface area contributed by atoms with Crippen LogP contribution in [0.15, 0.2) is 24.4 Å². The predicted octanol–water partition coefficient (Wildman–Crippen LogP) is 2.91. The summed E-state index contributed by atoms with van der Waals surface area (Å²) in [5.41, 5.74) is 1.10. The highest BCUT2D eigenvalue weighted by atomic mass is 16.5. The van der Waals surface area contributed by atoms with Crippen molar-refractivity contribution in [2.75, 3.05) is 19.7 Å². The van der Waals surface area contributed by atoms with Gasteiger partial charge in [0.2, 0.25) is 0 Å². The van der Waals surface area contributed by atoms with E-state index in [0.717, 1.165) is 31.8 Å². The maximum Gasteiger partial charge on any atom is 0.0722 e. The van der Waals surface area contributed by atoms with Gasteiger partial charge in [0.15, 0.2) is 0 Å². The Hall–Kier alpha value is -0.930. The molecule has 1 atom stereocenters. The maximum absolute atomic E-state index is 5.99. The van der Waals surface area contributed by atoms with Gasteiger partial charge in [-0.3, -0.25) is 4.98 Å². The van der Waals surface area contributed by atoms with Gasteiger partial charge in [-0.1, -0.05) is 33.8 Å². The van der Waals surface area contributed by atoms with Crippen molar-refractivity contribution in [2.45, 2.75) is 40.2 Å². The minimum Gasteiger partial charge on any atom is -0.376 e. The van der Waals surface area contributed by atoms with Crippen LogP contribution in [-0.2, 0) is 11.2 Å². The average Bonchev–Trinajstić information content (AvgIpc) is 2.37. The molecule has 0 saturated heterocycles. The van der Waals surface area contributed by atoms with Crippen molar-refractivity contribution in [3.05, 3.63) is 30.1 Å². The summed E-state index contributed by atoms with van der Waals surface area (Å²) in [5, 5.41) is 3.47. The van der Waals surface area contributed by atoms with Crippen LogP contribution < -0.4 is 5.32 Å². The van der Waals surface area contributed by atoms with Crippen LogP contribution in [0.2, 0.25) is 0 Å². The summed E-state index contributed by atoms with van der Waals surface area (Å²) in [5.74, 6) is 1.21. The third-order valence-electron chi connectivity index (χ3n) is 3.06. The molecule has 0 aliphatic carbocycles. The smallest absolute Gasteiger partial charge is 0.0722 e. The Labute approximate surface area is 117 Å². The van der Waals surface area contributed by atoms with Gasteiger partial charge < -0.3 is 10.1 Å². The second-order valence-electron chi connectivity index (χ2n) is 5.78. The van der Waals surface area contributed by atoms with E-state index in [4.69, 9.17) is 4.74 Å². The Morgan fingerprint density at radius 2 is 1.95 bits per heavy atom. The zero-order valence-electron chi connectivity index (χ0n) is 12.7. The Morgan fingerprint density at radius 3 is 2.53 bits per heavy atom. The molecule has 0 aliphatic heterocycles. The van der Waals surface area contributed by atoms with Crippen LogP contribution in [0.3, 0.4) is 0 Å². The molecule has 1 rings (SSSR count). The third-order valence-corrected chi connectivity index (χ3v) is 3.06. The standard InChI is InChI=1S/C16H28N2O/c1-13(2)11-17-12-16(14(3)4)19-10-8-15-7-5-6-9-18-15/h5-7,9,13-14,16-17H,8,10-12H2,1-4H3.